The van der Waals surface area contributed by atoms with E-state index in [1.54, 1.807) is 11.3 Å². The Morgan fingerprint density at radius 2 is 2.09 bits per heavy atom. The van der Waals surface area contributed by atoms with E-state index in [1.807, 2.05) is 35.2 Å². The second-order valence-corrected chi connectivity index (χ2v) is 8.81. The molecule has 4 rings (SSSR count). The summed E-state index contributed by atoms with van der Waals surface area (Å²) in [4.78, 5) is 20.3. The third kappa shape index (κ3) is 2.49. The van der Waals surface area contributed by atoms with Crippen molar-refractivity contribution in [3.63, 3.8) is 0 Å². The van der Waals surface area contributed by atoms with E-state index in [0.29, 0.717) is 0 Å². The molecule has 0 saturated carbocycles. The number of carbonyl (C=O) groups is 1. The second kappa shape index (κ2) is 5.76. The average molecular weight is 393 g/mol. The van der Waals surface area contributed by atoms with Crippen molar-refractivity contribution in [2.75, 3.05) is 6.54 Å². The van der Waals surface area contributed by atoms with Crippen LogP contribution < -0.4 is 0 Å². The summed E-state index contributed by atoms with van der Waals surface area (Å²) in [7, 11) is 0. The Bertz CT molecular complexity index is 808. The zero-order valence-corrected chi connectivity index (χ0v) is 14.9. The highest BCUT2D eigenvalue weighted by Crippen LogP contribution is 2.38. The Kier molecular flexibility index (Phi) is 3.76. The summed E-state index contributed by atoms with van der Waals surface area (Å²) in [6.45, 7) is 0.814. The Morgan fingerprint density at radius 1 is 1.23 bits per heavy atom. The van der Waals surface area contributed by atoms with Crippen molar-refractivity contribution in [3.8, 4) is 0 Å². The van der Waals surface area contributed by atoms with E-state index >= 15 is 0 Å². The topological polar surface area (TPSA) is 33.2 Å². The van der Waals surface area contributed by atoms with Crippen molar-refractivity contribution in [2.24, 2.45) is 0 Å². The molecule has 3 aromatic rings. The fourth-order valence-electron chi connectivity index (χ4n) is 2.87. The number of thiophene rings is 1. The summed E-state index contributed by atoms with van der Waals surface area (Å²) in [5.41, 5.74) is 1.03. The molecule has 2 aromatic heterocycles. The number of fused-ring (bicyclic) bond motifs is 1. The van der Waals surface area contributed by atoms with Gasteiger partial charge in [-0.05, 0) is 53.0 Å². The number of amides is 1. The third-order valence-corrected chi connectivity index (χ3v) is 6.64. The quantitative estimate of drug-likeness (QED) is 0.607. The minimum atomic E-state index is 0.116. The molecule has 0 N–H and O–H groups in total. The molecule has 1 aromatic carbocycles. The van der Waals surface area contributed by atoms with Crippen LogP contribution in [-0.4, -0.2) is 22.3 Å². The lowest BCUT2D eigenvalue weighted by molar-refractivity contribution is 0.0740. The first-order valence-electron chi connectivity index (χ1n) is 7.14. The minimum Gasteiger partial charge on any atom is -0.328 e. The van der Waals surface area contributed by atoms with Crippen molar-refractivity contribution >= 4 is 54.7 Å². The summed E-state index contributed by atoms with van der Waals surface area (Å²) < 4.78 is 2.18. The first-order chi connectivity index (χ1) is 10.7. The van der Waals surface area contributed by atoms with Gasteiger partial charge in [0.05, 0.1) is 24.9 Å². The standard InChI is InChI=1S/C16H13BrN2OS2/c17-14-8-7-13(21-14)16(20)19-9-3-5-11(19)15-18-10-4-1-2-6-12(10)22-15/h1-2,4,6-8,11H,3,5,9H2/t11-/m1/s1. The van der Waals surface area contributed by atoms with Gasteiger partial charge in [-0.1, -0.05) is 12.1 Å². The SMILES string of the molecule is O=C(c1ccc(Br)s1)N1CCC[C@@H]1c1nc2ccccc2s1. The lowest BCUT2D eigenvalue weighted by atomic mass is 10.2. The summed E-state index contributed by atoms with van der Waals surface area (Å²) in [6, 6.07) is 12.1. The highest BCUT2D eigenvalue weighted by atomic mass is 79.9. The predicted molar refractivity (Wildman–Crippen MR) is 94.7 cm³/mol. The van der Waals surface area contributed by atoms with Gasteiger partial charge in [-0.2, -0.15) is 0 Å². The molecule has 1 fully saturated rings. The molecule has 1 saturated heterocycles. The Hall–Kier alpha value is -1.24. The highest BCUT2D eigenvalue weighted by Gasteiger charge is 2.33. The largest absolute Gasteiger partial charge is 0.328 e. The summed E-state index contributed by atoms with van der Waals surface area (Å²) in [5, 5.41) is 1.06. The number of rotatable bonds is 2. The fourth-order valence-corrected chi connectivity index (χ4v) is 5.33. The molecule has 1 atom stereocenters. The minimum absolute atomic E-state index is 0.116. The van der Waals surface area contributed by atoms with Gasteiger partial charge in [0.2, 0.25) is 0 Å². The number of likely N-dealkylation sites (tertiary alicyclic amines) is 1. The van der Waals surface area contributed by atoms with Crippen molar-refractivity contribution in [1.29, 1.82) is 0 Å². The van der Waals surface area contributed by atoms with E-state index in [1.165, 1.54) is 16.0 Å². The predicted octanol–water partition coefficient (Wildman–Crippen LogP) is 5.10. The number of aromatic nitrogens is 1. The molecule has 3 nitrogen and oxygen atoms in total. The molecular formula is C16H13BrN2OS2. The van der Waals surface area contributed by atoms with E-state index < -0.39 is 0 Å². The fraction of sp³-hybridized carbons (Fsp3) is 0.250. The summed E-state index contributed by atoms with van der Waals surface area (Å²) >= 11 is 6.63. The molecule has 6 heteroatoms. The van der Waals surface area contributed by atoms with Crippen LogP contribution in [0.1, 0.15) is 33.6 Å². The molecule has 22 heavy (non-hydrogen) atoms. The van der Waals surface area contributed by atoms with Crippen LogP contribution in [0.5, 0.6) is 0 Å². The number of para-hydroxylation sites is 1. The van der Waals surface area contributed by atoms with Crippen molar-refractivity contribution in [1.82, 2.24) is 9.88 Å². The second-order valence-electron chi connectivity index (χ2n) is 5.28. The van der Waals surface area contributed by atoms with Crippen molar-refractivity contribution in [3.05, 3.63) is 50.1 Å². The third-order valence-electron chi connectivity index (χ3n) is 3.89. The number of hydrogen-bond acceptors (Lipinski definition) is 4. The van der Waals surface area contributed by atoms with Gasteiger partial charge in [0.25, 0.3) is 5.91 Å². The van der Waals surface area contributed by atoms with Gasteiger partial charge in [0, 0.05) is 6.54 Å². The Balaban J connectivity index is 1.67. The van der Waals surface area contributed by atoms with Gasteiger partial charge in [0.1, 0.15) is 5.01 Å². The highest BCUT2D eigenvalue weighted by molar-refractivity contribution is 9.11. The molecule has 112 valence electrons. The van der Waals surface area contributed by atoms with E-state index in [9.17, 15) is 4.79 Å². The molecule has 0 radical (unpaired) electrons. The van der Waals surface area contributed by atoms with Crippen LogP contribution in [0.4, 0.5) is 0 Å². The van der Waals surface area contributed by atoms with Crippen LogP contribution in [0.2, 0.25) is 0 Å². The maximum Gasteiger partial charge on any atom is 0.264 e. The van der Waals surface area contributed by atoms with Crippen LogP contribution in [0.15, 0.2) is 40.2 Å². The van der Waals surface area contributed by atoms with Gasteiger partial charge < -0.3 is 4.90 Å². The van der Waals surface area contributed by atoms with Gasteiger partial charge in [-0.25, -0.2) is 4.98 Å². The molecule has 0 unspecified atom stereocenters. The van der Waals surface area contributed by atoms with Crippen molar-refractivity contribution in [2.45, 2.75) is 18.9 Å². The molecule has 0 bridgehead atoms. The Morgan fingerprint density at radius 3 is 2.86 bits per heavy atom. The Labute approximate surface area is 144 Å². The maximum atomic E-state index is 12.8. The molecule has 3 heterocycles. The van der Waals surface area contributed by atoms with Gasteiger partial charge in [-0.3, -0.25) is 4.79 Å². The molecule has 0 spiro atoms. The van der Waals surface area contributed by atoms with E-state index in [0.717, 1.165) is 38.6 Å². The molecule has 1 aliphatic rings. The molecule has 0 aliphatic carbocycles. The van der Waals surface area contributed by atoms with E-state index in [-0.39, 0.29) is 11.9 Å². The van der Waals surface area contributed by atoms with Crippen LogP contribution >= 0.6 is 38.6 Å². The molecule has 1 aliphatic heterocycles. The smallest absolute Gasteiger partial charge is 0.264 e. The normalized spacial score (nSPS) is 18.2. The molecule has 1 amide bonds. The van der Waals surface area contributed by atoms with Gasteiger partial charge in [0.15, 0.2) is 0 Å². The summed E-state index contributed by atoms with van der Waals surface area (Å²) in [5.74, 6) is 0.123. The van der Waals surface area contributed by atoms with Crippen LogP contribution in [0.3, 0.4) is 0 Å². The van der Waals surface area contributed by atoms with Gasteiger partial charge in [-0.15, -0.1) is 22.7 Å². The van der Waals surface area contributed by atoms with Crippen LogP contribution in [-0.2, 0) is 0 Å². The zero-order chi connectivity index (χ0) is 15.1. The number of benzene rings is 1. The zero-order valence-electron chi connectivity index (χ0n) is 11.7. The van der Waals surface area contributed by atoms with Crippen molar-refractivity contribution < 1.29 is 4.79 Å². The first-order valence-corrected chi connectivity index (χ1v) is 9.57. The number of nitrogens with zero attached hydrogens (tertiary/aromatic N) is 2. The number of hydrogen-bond donors (Lipinski definition) is 0. The monoisotopic (exact) mass is 392 g/mol. The number of thiazole rings is 1. The average Bonchev–Trinajstić information content (AvgIpc) is 3.24. The lowest BCUT2D eigenvalue weighted by Crippen LogP contribution is -2.29. The lowest BCUT2D eigenvalue weighted by Gasteiger charge is -2.22. The number of carbonyl (C=O) groups excluding carboxylic acids is 1. The first kappa shape index (κ1) is 14.4. The van der Waals surface area contributed by atoms with E-state index in [2.05, 4.69) is 22.0 Å². The van der Waals surface area contributed by atoms with Crippen LogP contribution in [0.25, 0.3) is 10.2 Å². The maximum absolute atomic E-state index is 12.8. The molecular weight excluding hydrogens is 380 g/mol. The van der Waals surface area contributed by atoms with E-state index in [4.69, 9.17) is 4.98 Å². The van der Waals surface area contributed by atoms with Crippen LogP contribution in [0, 0.1) is 0 Å². The number of halogens is 1. The summed E-state index contributed by atoms with van der Waals surface area (Å²) in [6.07, 6.45) is 2.04. The van der Waals surface area contributed by atoms with Gasteiger partial charge >= 0.3 is 0 Å².